The molecule has 1 aliphatic heterocycles. The van der Waals surface area contributed by atoms with Crippen LogP contribution in [0.15, 0.2) is 121 Å². The van der Waals surface area contributed by atoms with E-state index in [-0.39, 0.29) is 82.7 Å². The monoisotopic (exact) mass is 879 g/mol. The fraction of sp³-hybridized carbons (Fsp3) is 0.440. The lowest BCUT2D eigenvalue weighted by Gasteiger charge is -2.60. The maximum absolute atomic E-state index is 14.9. The first-order valence-corrected chi connectivity index (χ1v) is 22.2. The number of nitrogens with zero attached hydrogens (tertiary/aromatic N) is 3. The van der Waals surface area contributed by atoms with Gasteiger partial charge in [0.1, 0.15) is 30.8 Å². The van der Waals surface area contributed by atoms with Crippen molar-refractivity contribution in [1.29, 1.82) is 0 Å². The third kappa shape index (κ3) is 11.5. The van der Waals surface area contributed by atoms with Crippen LogP contribution in [0.1, 0.15) is 67.6 Å². The van der Waals surface area contributed by atoms with Crippen LogP contribution >= 0.6 is 0 Å². The quantitative estimate of drug-likeness (QED) is 0.0238. The highest BCUT2D eigenvalue weighted by Gasteiger charge is 2.65. The van der Waals surface area contributed by atoms with Gasteiger partial charge in [-0.1, -0.05) is 73.1 Å². The van der Waals surface area contributed by atoms with Crippen LogP contribution in [0.4, 0.5) is 5.69 Å². The number of ether oxygens (including phenoxy) is 4. The molecule has 3 N–H and O–H groups in total. The molecule has 6 rings (SSSR count). The van der Waals surface area contributed by atoms with Gasteiger partial charge in [-0.05, 0) is 90.6 Å². The van der Waals surface area contributed by atoms with Gasteiger partial charge in [-0.3, -0.25) is 14.9 Å². The number of nitro benzene ring substituents is 1. The third-order valence-electron chi connectivity index (χ3n) is 12.2. The average Bonchev–Trinajstić information content (AvgIpc) is 3.31. The van der Waals surface area contributed by atoms with Crippen molar-refractivity contribution in [3.8, 4) is 11.5 Å². The Hall–Kier alpha value is -5.64. The molecule has 6 unspecified atom stereocenters. The van der Waals surface area contributed by atoms with Gasteiger partial charge in [0.15, 0.2) is 0 Å². The predicted octanol–water partition coefficient (Wildman–Crippen LogP) is 7.54. The van der Waals surface area contributed by atoms with Crippen molar-refractivity contribution >= 4 is 23.4 Å². The summed E-state index contributed by atoms with van der Waals surface area (Å²) in [6.07, 6.45) is 13.2. The van der Waals surface area contributed by atoms with Crippen LogP contribution in [0, 0.1) is 27.9 Å². The second-order valence-electron chi connectivity index (χ2n) is 16.2. The molecule has 0 aromatic heterocycles. The molecular formula is C50H61N3O11. The van der Waals surface area contributed by atoms with Crippen LogP contribution in [0.3, 0.4) is 0 Å². The zero-order chi connectivity index (χ0) is 45.3. The summed E-state index contributed by atoms with van der Waals surface area (Å²) in [7, 11) is 0. The van der Waals surface area contributed by atoms with Gasteiger partial charge in [-0.15, -0.1) is 6.58 Å². The first-order valence-electron chi connectivity index (χ1n) is 22.2. The largest absolute Gasteiger partial charge is 0.490 e. The van der Waals surface area contributed by atoms with E-state index < -0.39 is 28.6 Å². The lowest BCUT2D eigenvalue weighted by atomic mass is 9.55. The lowest BCUT2D eigenvalue weighted by molar-refractivity contribution is -0.384. The Morgan fingerprint density at radius 3 is 2.39 bits per heavy atom. The predicted molar refractivity (Wildman–Crippen MR) is 244 cm³/mol. The molecule has 342 valence electrons. The molecule has 3 aromatic carbocycles. The summed E-state index contributed by atoms with van der Waals surface area (Å²) >= 11 is 0. The fourth-order valence-corrected chi connectivity index (χ4v) is 9.37. The minimum Gasteiger partial charge on any atom is -0.490 e. The molecule has 0 radical (unpaired) electrons. The van der Waals surface area contributed by atoms with Crippen molar-refractivity contribution in [1.82, 2.24) is 4.90 Å². The number of allylic oxidation sites excluding steroid dienone is 1. The second kappa shape index (κ2) is 23.9. The Morgan fingerprint density at radius 2 is 1.69 bits per heavy atom. The molecule has 0 spiro atoms. The van der Waals surface area contributed by atoms with Crippen LogP contribution < -0.4 is 9.47 Å². The number of rotatable bonds is 26. The number of benzene rings is 3. The molecule has 14 heteroatoms. The van der Waals surface area contributed by atoms with E-state index in [0.717, 1.165) is 42.4 Å². The number of aliphatic hydroxyl groups excluding tert-OH is 3. The lowest BCUT2D eigenvalue weighted by Crippen LogP contribution is -2.70. The summed E-state index contributed by atoms with van der Waals surface area (Å²) in [5.41, 5.74) is 3.89. The minimum absolute atomic E-state index is 0.00677. The van der Waals surface area contributed by atoms with E-state index in [1.165, 1.54) is 18.2 Å². The highest BCUT2D eigenvalue weighted by Crippen LogP contribution is 2.62. The molecule has 0 bridgehead atoms. The number of carbonyl (C=O) groups excluding carboxylic acids is 1. The first-order chi connectivity index (χ1) is 31.3. The van der Waals surface area contributed by atoms with E-state index in [2.05, 4.69) is 19.2 Å². The summed E-state index contributed by atoms with van der Waals surface area (Å²) in [5.74, 6) is -1.46. The number of non-ortho nitro benzene ring substituents is 1. The zero-order valence-electron chi connectivity index (χ0n) is 36.4. The zero-order valence-corrected chi connectivity index (χ0v) is 36.4. The normalized spacial score (nSPS) is 22.8. The smallest absolute Gasteiger partial charge is 0.269 e. The maximum atomic E-state index is 14.9. The fourth-order valence-electron chi connectivity index (χ4n) is 9.37. The molecule has 6 atom stereocenters. The Labute approximate surface area is 375 Å². The van der Waals surface area contributed by atoms with Gasteiger partial charge in [0.05, 0.1) is 43.0 Å². The number of hydrogen-bond acceptors (Lipinski definition) is 12. The Bertz CT molecular complexity index is 2110. The number of carbonyl (C=O) groups is 1. The van der Waals surface area contributed by atoms with Crippen LogP contribution in [0.5, 0.6) is 11.5 Å². The van der Waals surface area contributed by atoms with Gasteiger partial charge in [-0.2, -0.15) is 0 Å². The molecule has 1 amide bonds. The molecule has 64 heavy (non-hydrogen) atoms. The standard InChI is InChI=1S/C50H61N3O11/c1-3-28-61-40-21-22-45-43(33-40)48-41(15-9-11-26-55)38(14-8-10-25-54)32-42-44(51-63-35-37-12-6-5-7-13-37)34-46(50(64-45,49(42)48)62-29-4-2)52(24-30-60-31-27-56)47(57)23-18-36-16-19-39(20-17-36)53(58)59/h3-7,12-13,16-23,32-33,38,41,46,48-49,54-56H,1-2,8-11,14-15,24-31,34-35H2. The Balaban J connectivity index is 1.56. The molecule has 2 aliphatic carbocycles. The molecule has 3 aliphatic rings. The number of unbranched alkanes of at least 4 members (excludes halogenated alkanes) is 2. The molecular weight excluding hydrogens is 819 g/mol. The average molecular weight is 880 g/mol. The van der Waals surface area contributed by atoms with Crippen LogP contribution in [-0.4, -0.2) is 101 Å². The highest BCUT2D eigenvalue weighted by molar-refractivity contribution is 6.03. The number of fused-ring (bicyclic) bond motifs is 2. The van der Waals surface area contributed by atoms with Crippen LogP contribution in [0.25, 0.3) is 6.08 Å². The maximum Gasteiger partial charge on any atom is 0.269 e. The Morgan fingerprint density at radius 1 is 0.938 bits per heavy atom. The van der Waals surface area contributed by atoms with E-state index >= 15 is 0 Å². The summed E-state index contributed by atoms with van der Waals surface area (Å²) in [6.45, 7) is 8.59. The van der Waals surface area contributed by atoms with Crippen molar-refractivity contribution < 1.29 is 48.8 Å². The second-order valence-corrected chi connectivity index (χ2v) is 16.2. The summed E-state index contributed by atoms with van der Waals surface area (Å²) in [6, 6.07) is 20.6. The SMILES string of the molecule is C=CCOc1ccc2c(c1)C1C(CCCCO)C(CCCCO)C=C3C(=NOCc4ccccc4)CC(N(CCOCCO)C(=O)C=Cc4ccc([N+](=O)[O-])cc4)C(OCC=C)(O2)C31. The number of hydrogen-bond donors (Lipinski definition) is 3. The molecule has 0 saturated heterocycles. The molecule has 1 heterocycles. The van der Waals surface area contributed by atoms with Crippen molar-refractivity contribution in [2.24, 2.45) is 22.9 Å². The van der Waals surface area contributed by atoms with Crippen molar-refractivity contribution in [2.75, 3.05) is 52.8 Å². The minimum atomic E-state index is -1.52. The summed E-state index contributed by atoms with van der Waals surface area (Å²) in [5, 5.41) is 45.7. The summed E-state index contributed by atoms with van der Waals surface area (Å²) < 4.78 is 26.3. The van der Waals surface area contributed by atoms with Gasteiger partial charge in [-0.25, -0.2) is 0 Å². The van der Waals surface area contributed by atoms with Crippen molar-refractivity contribution in [3.05, 3.63) is 143 Å². The van der Waals surface area contributed by atoms with Gasteiger partial charge >= 0.3 is 0 Å². The van der Waals surface area contributed by atoms with Gasteiger partial charge in [0.2, 0.25) is 11.7 Å². The van der Waals surface area contributed by atoms with Gasteiger partial charge in [0.25, 0.3) is 5.69 Å². The van der Waals surface area contributed by atoms with Crippen molar-refractivity contribution in [2.45, 2.75) is 69.3 Å². The topological polar surface area (TPSA) is 183 Å². The third-order valence-corrected chi connectivity index (χ3v) is 12.2. The van der Waals surface area contributed by atoms with E-state index in [0.29, 0.717) is 42.2 Å². The number of amides is 1. The van der Waals surface area contributed by atoms with Crippen LogP contribution in [0.2, 0.25) is 0 Å². The number of aliphatic hydroxyl groups is 3. The van der Waals surface area contributed by atoms with E-state index in [1.807, 2.05) is 48.5 Å². The molecule has 3 aromatic rings. The number of nitro groups is 1. The Kier molecular flexibility index (Phi) is 17.8. The molecule has 1 fully saturated rings. The van der Waals surface area contributed by atoms with Gasteiger partial charge in [0, 0.05) is 55.9 Å². The number of oxime groups is 1. The van der Waals surface area contributed by atoms with E-state index in [1.54, 1.807) is 35.3 Å². The molecule has 1 saturated carbocycles. The van der Waals surface area contributed by atoms with E-state index in [9.17, 15) is 30.2 Å². The van der Waals surface area contributed by atoms with E-state index in [4.69, 9.17) is 28.9 Å². The van der Waals surface area contributed by atoms with Crippen LogP contribution in [-0.2, 0) is 25.7 Å². The first kappa shape index (κ1) is 47.8. The van der Waals surface area contributed by atoms with Gasteiger partial charge < -0.3 is 44.0 Å². The van der Waals surface area contributed by atoms with Crippen molar-refractivity contribution in [3.63, 3.8) is 0 Å². The highest BCUT2D eigenvalue weighted by atomic mass is 16.7. The molecule has 14 nitrogen and oxygen atoms in total. The summed E-state index contributed by atoms with van der Waals surface area (Å²) in [4.78, 5) is 33.6.